The third-order valence-electron chi connectivity index (χ3n) is 2.65. The number of ether oxygens (including phenoxy) is 2. The molecule has 1 aromatic carbocycles. The molecule has 7 heteroatoms. The second-order valence-electron chi connectivity index (χ2n) is 4.43. The van der Waals surface area contributed by atoms with E-state index < -0.39 is 17.9 Å². The van der Waals surface area contributed by atoms with Gasteiger partial charge in [-0.05, 0) is 24.6 Å². The molecule has 0 aliphatic carbocycles. The highest BCUT2D eigenvalue weighted by Gasteiger charge is 2.15. The molecule has 0 radical (unpaired) electrons. The highest BCUT2D eigenvalue weighted by Crippen LogP contribution is 2.32. The first-order valence-corrected chi connectivity index (χ1v) is 6.19. The van der Waals surface area contributed by atoms with Crippen LogP contribution in [0.3, 0.4) is 0 Å². The van der Waals surface area contributed by atoms with E-state index in [1.807, 2.05) is 0 Å². The van der Waals surface area contributed by atoms with E-state index in [9.17, 15) is 9.59 Å². The van der Waals surface area contributed by atoms with Crippen molar-refractivity contribution in [1.29, 1.82) is 0 Å². The first kappa shape index (κ1) is 14.1. The van der Waals surface area contributed by atoms with E-state index in [4.69, 9.17) is 14.6 Å². The van der Waals surface area contributed by atoms with Gasteiger partial charge in [-0.15, -0.1) is 0 Å². The molecule has 7 nitrogen and oxygen atoms in total. The number of rotatable bonds is 4. The summed E-state index contributed by atoms with van der Waals surface area (Å²) < 4.78 is 10.4. The molecule has 0 fully saturated rings. The predicted octanol–water partition coefficient (Wildman–Crippen LogP) is -0.472. The standard InChI is InChI=1S/C13H16N2O5/c1-8(16)5-14-12(17)13(18)15-6-9-2-3-10-11(4-9)20-7-19-10/h2-4,8,16H,5-7H2,1H3,(H,14,17)(H,15,18)/t8-/m1/s1. The molecular formula is C13H16N2O5. The number of nitrogens with one attached hydrogen (secondary N) is 2. The second kappa shape index (κ2) is 6.25. The van der Waals surface area contributed by atoms with Crippen LogP contribution in [0.5, 0.6) is 11.5 Å². The maximum absolute atomic E-state index is 11.5. The first-order chi connectivity index (χ1) is 9.56. The Morgan fingerprint density at radius 1 is 1.25 bits per heavy atom. The van der Waals surface area contributed by atoms with Crippen LogP contribution < -0.4 is 20.1 Å². The molecule has 108 valence electrons. The summed E-state index contributed by atoms with van der Waals surface area (Å²) in [5, 5.41) is 13.8. The summed E-state index contributed by atoms with van der Waals surface area (Å²) in [5.41, 5.74) is 0.797. The smallest absolute Gasteiger partial charge is 0.309 e. The van der Waals surface area contributed by atoms with Gasteiger partial charge >= 0.3 is 11.8 Å². The fraction of sp³-hybridized carbons (Fsp3) is 0.385. The zero-order chi connectivity index (χ0) is 14.5. The van der Waals surface area contributed by atoms with Crippen LogP contribution in [-0.2, 0) is 16.1 Å². The zero-order valence-corrected chi connectivity index (χ0v) is 11.0. The Hall–Kier alpha value is -2.28. The summed E-state index contributed by atoms with van der Waals surface area (Å²) in [6.07, 6.45) is -0.694. The Kier molecular flexibility index (Phi) is 4.41. The summed E-state index contributed by atoms with van der Waals surface area (Å²) in [6, 6.07) is 5.27. The minimum atomic E-state index is -0.772. The van der Waals surface area contributed by atoms with Crippen LogP contribution in [0.1, 0.15) is 12.5 Å². The van der Waals surface area contributed by atoms with Gasteiger partial charge in [-0.2, -0.15) is 0 Å². The third-order valence-corrected chi connectivity index (χ3v) is 2.65. The van der Waals surface area contributed by atoms with Crippen molar-refractivity contribution in [2.45, 2.75) is 19.6 Å². The Bertz CT molecular complexity index is 515. The van der Waals surface area contributed by atoms with Gasteiger partial charge in [-0.25, -0.2) is 0 Å². The highest BCUT2D eigenvalue weighted by atomic mass is 16.7. The van der Waals surface area contributed by atoms with Gasteiger partial charge in [0.1, 0.15) is 0 Å². The lowest BCUT2D eigenvalue weighted by atomic mass is 10.2. The maximum Gasteiger partial charge on any atom is 0.309 e. The number of fused-ring (bicyclic) bond motifs is 1. The van der Waals surface area contributed by atoms with Crippen molar-refractivity contribution in [3.05, 3.63) is 23.8 Å². The molecular weight excluding hydrogens is 264 g/mol. The van der Waals surface area contributed by atoms with E-state index >= 15 is 0 Å². The lowest BCUT2D eigenvalue weighted by Crippen LogP contribution is -2.42. The third kappa shape index (κ3) is 3.61. The summed E-state index contributed by atoms with van der Waals surface area (Å²) in [5.74, 6) is -0.236. The molecule has 0 saturated carbocycles. The molecule has 0 aromatic heterocycles. The van der Waals surface area contributed by atoms with Crippen molar-refractivity contribution in [3.8, 4) is 11.5 Å². The van der Waals surface area contributed by atoms with Gasteiger partial charge in [-0.3, -0.25) is 9.59 Å². The highest BCUT2D eigenvalue weighted by molar-refractivity contribution is 6.35. The molecule has 2 rings (SSSR count). The van der Waals surface area contributed by atoms with E-state index in [1.165, 1.54) is 6.92 Å². The van der Waals surface area contributed by atoms with Crippen LogP contribution in [0.25, 0.3) is 0 Å². The van der Waals surface area contributed by atoms with Crippen LogP contribution in [0, 0.1) is 0 Å². The summed E-state index contributed by atoms with van der Waals surface area (Å²) in [6.45, 7) is 1.95. The molecule has 3 N–H and O–H groups in total. The predicted molar refractivity (Wildman–Crippen MR) is 69.1 cm³/mol. The molecule has 1 aromatic rings. The Morgan fingerprint density at radius 3 is 2.70 bits per heavy atom. The van der Waals surface area contributed by atoms with Crippen molar-refractivity contribution in [2.24, 2.45) is 0 Å². The van der Waals surface area contributed by atoms with Gasteiger partial charge in [-0.1, -0.05) is 6.07 Å². The Balaban J connectivity index is 1.82. The first-order valence-electron chi connectivity index (χ1n) is 6.19. The van der Waals surface area contributed by atoms with Gasteiger partial charge in [0.15, 0.2) is 11.5 Å². The van der Waals surface area contributed by atoms with E-state index in [-0.39, 0.29) is 19.9 Å². The van der Waals surface area contributed by atoms with Gasteiger partial charge in [0.25, 0.3) is 0 Å². The molecule has 2 amide bonds. The Labute approximate surface area is 115 Å². The average Bonchev–Trinajstić information content (AvgIpc) is 2.89. The molecule has 20 heavy (non-hydrogen) atoms. The van der Waals surface area contributed by atoms with Gasteiger partial charge in [0.2, 0.25) is 6.79 Å². The second-order valence-corrected chi connectivity index (χ2v) is 4.43. The number of carbonyl (C=O) groups excluding carboxylic acids is 2. The van der Waals surface area contributed by atoms with Gasteiger partial charge < -0.3 is 25.2 Å². The van der Waals surface area contributed by atoms with Gasteiger partial charge in [0, 0.05) is 13.1 Å². The fourth-order valence-electron chi connectivity index (χ4n) is 1.63. The van der Waals surface area contributed by atoms with Crippen molar-refractivity contribution in [3.63, 3.8) is 0 Å². The summed E-state index contributed by atoms with van der Waals surface area (Å²) in [4.78, 5) is 22.9. The lowest BCUT2D eigenvalue weighted by Gasteiger charge is -2.08. The van der Waals surface area contributed by atoms with Crippen molar-refractivity contribution in [2.75, 3.05) is 13.3 Å². The molecule has 0 spiro atoms. The van der Waals surface area contributed by atoms with Crippen molar-refractivity contribution in [1.82, 2.24) is 10.6 Å². The monoisotopic (exact) mass is 280 g/mol. The van der Waals surface area contributed by atoms with Crippen molar-refractivity contribution >= 4 is 11.8 Å². The van der Waals surface area contributed by atoms with E-state index in [1.54, 1.807) is 18.2 Å². The molecule has 1 aliphatic heterocycles. The van der Waals surface area contributed by atoms with Crippen LogP contribution in [0.15, 0.2) is 18.2 Å². The summed E-state index contributed by atoms with van der Waals surface area (Å²) in [7, 11) is 0. The van der Waals surface area contributed by atoms with Crippen LogP contribution in [-0.4, -0.2) is 36.4 Å². The summed E-state index contributed by atoms with van der Waals surface area (Å²) >= 11 is 0. The number of amides is 2. The van der Waals surface area contributed by atoms with Crippen LogP contribution in [0.2, 0.25) is 0 Å². The van der Waals surface area contributed by atoms with E-state index in [0.717, 1.165) is 5.56 Å². The molecule has 1 aliphatic rings. The Morgan fingerprint density at radius 2 is 1.95 bits per heavy atom. The molecule has 1 heterocycles. The molecule has 0 unspecified atom stereocenters. The minimum Gasteiger partial charge on any atom is -0.454 e. The SMILES string of the molecule is C[C@@H](O)CNC(=O)C(=O)NCc1ccc2c(c1)OCO2. The topological polar surface area (TPSA) is 96.9 Å². The zero-order valence-electron chi connectivity index (χ0n) is 11.0. The lowest BCUT2D eigenvalue weighted by molar-refractivity contribution is -0.139. The molecule has 0 saturated heterocycles. The average molecular weight is 280 g/mol. The normalized spacial score (nSPS) is 13.7. The number of carbonyl (C=O) groups is 2. The number of benzene rings is 1. The quantitative estimate of drug-likeness (QED) is 0.648. The van der Waals surface area contributed by atoms with Crippen LogP contribution in [0.4, 0.5) is 0 Å². The number of aliphatic hydroxyl groups excluding tert-OH is 1. The number of aliphatic hydroxyl groups is 1. The minimum absolute atomic E-state index is 0.0380. The van der Waals surface area contributed by atoms with Crippen LogP contribution >= 0.6 is 0 Å². The molecule has 0 bridgehead atoms. The maximum atomic E-state index is 11.5. The fourth-order valence-corrected chi connectivity index (χ4v) is 1.63. The molecule has 1 atom stereocenters. The number of hydrogen-bond acceptors (Lipinski definition) is 5. The largest absolute Gasteiger partial charge is 0.454 e. The van der Waals surface area contributed by atoms with Gasteiger partial charge in [0.05, 0.1) is 6.10 Å². The van der Waals surface area contributed by atoms with E-state index in [2.05, 4.69) is 10.6 Å². The van der Waals surface area contributed by atoms with E-state index in [0.29, 0.717) is 11.5 Å². The van der Waals surface area contributed by atoms with Crippen molar-refractivity contribution < 1.29 is 24.2 Å². The number of hydrogen-bond donors (Lipinski definition) is 3.